The van der Waals surface area contributed by atoms with Crippen molar-refractivity contribution >= 4 is 5.95 Å². The number of anilines is 1. The Morgan fingerprint density at radius 3 is 2.68 bits per heavy atom. The van der Waals surface area contributed by atoms with E-state index in [9.17, 15) is 0 Å². The third kappa shape index (κ3) is 2.88. The minimum Gasteiger partial charge on any atom is -0.363 e. The van der Waals surface area contributed by atoms with Crippen LogP contribution in [0.5, 0.6) is 0 Å². The molecule has 7 heteroatoms. The molecular formula is C12H21N5O2. The Kier molecular flexibility index (Phi) is 3.42. The van der Waals surface area contributed by atoms with Crippen molar-refractivity contribution in [3.63, 3.8) is 0 Å². The zero-order valence-electron chi connectivity index (χ0n) is 11.6. The smallest absolute Gasteiger partial charge is 0.266 e. The lowest BCUT2D eigenvalue weighted by Crippen LogP contribution is -2.58. The molecule has 19 heavy (non-hydrogen) atoms. The lowest BCUT2D eigenvalue weighted by Gasteiger charge is -2.38. The number of aromatic nitrogens is 2. The highest BCUT2D eigenvalue weighted by Crippen LogP contribution is 2.18. The van der Waals surface area contributed by atoms with Crippen molar-refractivity contribution < 1.29 is 9.26 Å². The zero-order chi connectivity index (χ0) is 13.3. The molecule has 106 valence electrons. The van der Waals surface area contributed by atoms with Crippen molar-refractivity contribution in [1.29, 1.82) is 0 Å². The van der Waals surface area contributed by atoms with Gasteiger partial charge in [-0.25, -0.2) is 0 Å². The molecular weight excluding hydrogens is 246 g/mol. The first kappa shape index (κ1) is 12.8. The molecule has 2 aliphatic rings. The SMILES string of the molecule is CN1CCN(c2noc(COC3(C)CNC3)n2)CC1. The van der Waals surface area contributed by atoms with Gasteiger partial charge in [0.15, 0.2) is 0 Å². The Hall–Kier alpha value is -1.18. The summed E-state index contributed by atoms with van der Waals surface area (Å²) in [5.41, 5.74) is -0.0809. The van der Waals surface area contributed by atoms with E-state index in [1.807, 2.05) is 0 Å². The van der Waals surface area contributed by atoms with Crippen molar-refractivity contribution in [2.24, 2.45) is 0 Å². The van der Waals surface area contributed by atoms with Crippen molar-refractivity contribution in [2.75, 3.05) is 51.2 Å². The Labute approximate surface area is 112 Å². The molecule has 0 aromatic carbocycles. The molecule has 7 nitrogen and oxygen atoms in total. The predicted octanol–water partition coefficient (Wildman–Crippen LogP) is -0.300. The van der Waals surface area contributed by atoms with Gasteiger partial charge in [-0.1, -0.05) is 0 Å². The number of hydrogen-bond acceptors (Lipinski definition) is 7. The van der Waals surface area contributed by atoms with Gasteiger partial charge < -0.3 is 24.4 Å². The lowest BCUT2D eigenvalue weighted by atomic mass is 10.0. The van der Waals surface area contributed by atoms with E-state index in [1.165, 1.54) is 0 Å². The monoisotopic (exact) mass is 267 g/mol. The first-order chi connectivity index (χ1) is 9.15. The van der Waals surface area contributed by atoms with E-state index in [4.69, 9.17) is 9.26 Å². The summed E-state index contributed by atoms with van der Waals surface area (Å²) >= 11 is 0. The molecule has 0 bridgehead atoms. The molecule has 3 heterocycles. The molecule has 2 fully saturated rings. The summed E-state index contributed by atoms with van der Waals surface area (Å²) in [4.78, 5) is 8.85. The van der Waals surface area contributed by atoms with Crippen molar-refractivity contribution in [3.8, 4) is 0 Å². The highest BCUT2D eigenvalue weighted by atomic mass is 16.5. The number of ether oxygens (including phenoxy) is 1. The van der Waals surface area contributed by atoms with E-state index in [-0.39, 0.29) is 5.60 Å². The van der Waals surface area contributed by atoms with Crippen molar-refractivity contribution in [3.05, 3.63) is 5.89 Å². The van der Waals surface area contributed by atoms with Crippen molar-refractivity contribution in [2.45, 2.75) is 19.1 Å². The van der Waals surface area contributed by atoms with E-state index >= 15 is 0 Å². The molecule has 1 aromatic rings. The first-order valence-electron chi connectivity index (χ1n) is 6.75. The van der Waals surface area contributed by atoms with Gasteiger partial charge in [0.05, 0.1) is 5.60 Å². The van der Waals surface area contributed by atoms with Crippen LogP contribution in [0.25, 0.3) is 0 Å². The maximum Gasteiger partial charge on any atom is 0.266 e. The summed E-state index contributed by atoms with van der Waals surface area (Å²) in [7, 11) is 2.13. The molecule has 0 spiro atoms. The van der Waals surface area contributed by atoms with Gasteiger partial charge >= 0.3 is 0 Å². The normalized spacial score (nSPS) is 23.4. The molecule has 1 N–H and O–H groups in total. The molecule has 0 radical (unpaired) electrons. The fourth-order valence-corrected chi connectivity index (χ4v) is 2.25. The molecule has 2 saturated heterocycles. The second-order valence-electron chi connectivity index (χ2n) is 5.62. The molecule has 2 aliphatic heterocycles. The Balaban J connectivity index is 1.54. The molecule has 0 aliphatic carbocycles. The Morgan fingerprint density at radius 2 is 2.05 bits per heavy atom. The number of likely N-dealkylation sites (N-methyl/N-ethyl adjacent to an activating group) is 1. The van der Waals surface area contributed by atoms with Crippen LogP contribution in [0, 0.1) is 0 Å². The third-order valence-electron chi connectivity index (χ3n) is 3.79. The molecule has 0 amide bonds. The zero-order valence-corrected chi connectivity index (χ0v) is 11.6. The van der Waals surface area contributed by atoms with Crippen LogP contribution in [0.3, 0.4) is 0 Å². The average Bonchev–Trinajstić information content (AvgIpc) is 2.84. The summed E-state index contributed by atoms with van der Waals surface area (Å²) in [5, 5.41) is 7.23. The molecule has 1 aromatic heterocycles. The van der Waals surface area contributed by atoms with Gasteiger partial charge in [0.1, 0.15) is 6.61 Å². The average molecular weight is 267 g/mol. The van der Waals surface area contributed by atoms with Gasteiger partial charge in [-0.05, 0) is 19.1 Å². The van der Waals surface area contributed by atoms with Crippen LogP contribution >= 0.6 is 0 Å². The summed E-state index contributed by atoms with van der Waals surface area (Å²) in [6, 6.07) is 0. The van der Waals surface area contributed by atoms with Crippen LogP contribution in [0.1, 0.15) is 12.8 Å². The van der Waals surface area contributed by atoms with E-state index < -0.39 is 0 Å². The van der Waals surface area contributed by atoms with E-state index in [1.54, 1.807) is 0 Å². The summed E-state index contributed by atoms with van der Waals surface area (Å²) in [6.07, 6.45) is 0. The fourth-order valence-electron chi connectivity index (χ4n) is 2.25. The van der Waals surface area contributed by atoms with Gasteiger partial charge in [0.25, 0.3) is 11.8 Å². The number of nitrogens with one attached hydrogen (secondary N) is 1. The van der Waals surface area contributed by atoms with Crippen LogP contribution in [-0.4, -0.2) is 67.0 Å². The highest BCUT2D eigenvalue weighted by Gasteiger charge is 2.33. The maximum atomic E-state index is 5.78. The first-order valence-corrected chi connectivity index (χ1v) is 6.75. The van der Waals surface area contributed by atoms with Crippen LogP contribution in [0.2, 0.25) is 0 Å². The topological polar surface area (TPSA) is 66.7 Å². The third-order valence-corrected chi connectivity index (χ3v) is 3.79. The predicted molar refractivity (Wildman–Crippen MR) is 70.1 cm³/mol. The van der Waals surface area contributed by atoms with Gasteiger partial charge in [0.2, 0.25) is 0 Å². The standard InChI is InChI=1S/C12H21N5O2/c1-12(8-13-9-12)18-7-10-14-11(15-19-10)17-5-3-16(2)4-6-17/h13H,3-9H2,1-2H3. The number of nitrogens with zero attached hydrogens (tertiary/aromatic N) is 4. The number of rotatable bonds is 4. The summed E-state index contributed by atoms with van der Waals surface area (Å²) in [5.74, 6) is 1.24. The van der Waals surface area contributed by atoms with Crippen LogP contribution in [-0.2, 0) is 11.3 Å². The van der Waals surface area contributed by atoms with E-state index in [2.05, 4.69) is 39.2 Å². The van der Waals surface area contributed by atoms with E-state index in [0.717, 1.165) is 39.3 Å². The molecule has 0 atom stereocenters. The van der Waals surface area contributed by atoms with Crippen molar-refractivity contribution in [1.82, 2.24) is 20.4 Å². The van der Waals surface area contributed by atoms with Gasteiger partial charge in [-0.3, -0.25) is 0 Å². The Morgan fingerprint density at radius 1 is 1.32 bits per heavy atom. The second-order valence-corrected chi connectivity index (χ2v) is 5.62. The lowest BCUT2D eigenvalue weighted by molar-refractivity contribution is -0.0841. The van der Waals surface area contributed by atoms with Crippen LogP contribution < -0.4 is 10.2 Å². The fraction of sp³-hybridized carbons (Fsp3) is 0.833. The van der Waals surface area contributed by atoms with E-state index in [0.29, 0.717) is 18.4 Å². The van der Waals surface area contributed by atoms with Crippen LogP contribution in [0.4, 0.5) is 5.95 Å². The molecule has 0 saturated carbocycles. The summed E-state index contributed by atoms with van der Waals surface area (Å²) in [6.45, 7) is 8.18. The largest absolute Gasteiger partial charge is 0.363 e. The van der Waals surface area contributed by atoms with Crippen LogP contribution in [0.15, 0.2) is 4.52 Å². The summed E-state index contributed by atoms with van der Waals surface area (Å²) < 4.78 is 11.0. The highest BCUT2D eigenvalue weighted by molar-refractivity contribution is 5.28. The van der Waals surface area contributed by atoms with Gasteiger partial charge in [-0.15, -0.1) is 0 Å². The minimum absolute atomic E-state index is 0.0809. The second kappa shape index (κ2) is 5.07. The van der Waals surface area contributed by atoms with Gasteiger partial charge in [0, 0.05) is 39.3 Å². The minimum atomic E-state index is -0.0809. The quantitative estimate of drug-likeness (QED) is 0.803. The molecule has 0 unspecified atom stereocenters. The Bertz CT molecular complexity index is 424. The number of piperazine rings is 1. The number of hydrogen-bond donors (Lipinski definition) is 1. The van der Waals surface area contributed by atoms with Gasteiger partial charge in [-0.2, -0.15) is 4.98 Å². The maximum absolute atomic E-state index is 5.78. The molecule has 3 rings (SSSR count).